The molecule has 0 amide bonds. The molecular weight excluding hydrogens is 288 g/mol. The highest BCUT2D eigenvalue weighted by Gasteiger charge is 2.54. The van der Waals surface area contributed by atoms with Gasteiger partial charge in [0.1, 0.15) is 24.4 Å². The number of hydrogen-bond donors (Lipinski definition) is 2. The molecule has 6 rings (SSSR count). The third kappa shape index (κ3) is 1.36. The van der Waals surface area contributed by atoms with Crippen molar-refractivity contribution in [2.24, 2.45) is 0 Å². The molecular formula is C20H14O3. The molecule has 1 fully saturated rings. The predicted molar refractivity (Wildman–Crippen MR) is 88.7 cm³/mol. The highest BCUT2D eigenvalue weighted by Crippen LogP contribution is 2.54. The van der Waals surface area contributed by atoms with Crippen molar-refractivity contribution >= 4 is 32.3 Å². The molecule has 0 aromatic heterocycles. The largest absolute Gasteiger partial charge is 0.387 e. The van der Waals surface area contributed by atoms with Crippen molar-refractivity contribution < 1.29 is 14.9 Å². The van der Waals surface area contributed by atoms with Gasteiger partial charge in [0.2, 0.25) is 0 Å². The molecule has 112 valence electrons. The maximum Gasteiger partial charge on any atom is 0.118 e. The van der Waals surface area contributed by atoms with Crippen molar-refractivity contribution in [1.82, 2.24) is 0 Å². The molecule has 1 saturated heterocycles. The molecule has 1 aliphatic carbocycles. The zero-order valence-electron chi connectivity index (χ0n) is 12.2. The van der Waals surface area contributed by atoms with E-state index in [4.69, 9.17) is 4.74 Å². The van der Waals surface area contributed by atoms with Crippen molar-refractivity contribution in [2.45, 2.75) is 24.4 Å². The van der Waals surface area contributed by atoms with Crippen LogP contribution in [0.3, 0.4) is 0 Å². The molecule has 0 spiro atoms. The fraction of sp³-hybridized carbons (Fsp3) is 0.200. The lowest BCUT2D eigenvalue weighted by molar-refractivity contribution is 0.000163. The van der Waals surface area contributed by atoms with E-state index in [0.29, 0.717) is 0 Å². The summed E-state index contributed by atoms with van der Waals surface area (Å²) >= 11 is 0. The molecule has 4 aromatic rings. The Bertz CT molecular complexity index is 1080. The number of aliphatic hydroxyl groups is 2. The van der Waals surface area contributed by atoms with Crippen LogP contribution >= 0.6 is 0 Å². The topological polar surface area (TPSA) is 53.0 Å². The van der Waals surface area contributed by atoms with Gasteiger partial charge in [0.05, 0.1) is 0 Å². The van der Waals surface area contributed by atoms with E-state index in [0.717, 1.165) is 21.9 Å². The van der Waals surface area contributed by atoms with Crippen LogP contribution in [0, 0.1) is 0 Å². The van der Waals surface area contributed by atoms with Crippen molar-refractivity contribution in [1.29, 1.82) is 0 Å². The van der Waals surface area contributed by atoms with E-state index in [1.807, 2.05) is 6.07 Å². The first kappa shape index (κ1) is 12.3. The summed E-state index contributed by atoms with van der Waals surface area (Å²) in [5.74, 6) is 0. The molecule has 2 N–H and O–H groups in total. The fourth-order valence-electron chi connectivity index (χ4n) is 4.40. The van der Waals surface area contributed by atoms with Crippen LogP contribution in [0.15, 0.2) is 48.5 Å². The van der Waals surface area contributed by atoms with Crippen LogP contribution in [0.5, 0.6) is 0 Å². The van der Waals surface area contributed by atoms with E-state index < -0.39 is 12.2 Å². The summed E-state index contributed by atoms with van der Waals surface area (Å²) in [5.41, 5.74) is 1.86. The molecule has 23 heavy (non-hydrogen) atoms. The van der Waals surface area contributed by atoms with Gasteiger partial charge in [-0.15, -0.1) is 0 Å². The number of fused-ring (bicyclic) bond motifs is 4. The van der Waals surface area contributed by atoms with Crippen LogP contribution in [0.25, 0.3) is 32.3 Å². The summed E-state index contributed by atoms with van der Waals surface area (Å²) in [6, 6.07) is 16.9. The van der Waals surface area contributed by atoms with Crippen LogP contribution in [-0.2, 0) is 4.74 Å². The van der Waals surface area contributed by atoms with Crippen LogP contribution in [0.1, 0.15) is 23.3 Å². The second-order valence-electron chi connectivity index (χ2n) is 6.69. The SMILES string of the molecule is O[C@@H]1[C@@H](O)c2cc3ccc4cccc5ccc(c2C2O[C@@H]21)c3c45. The van der Waals surface area contributed by atoms with E-state index in [9.17, 15) is 10.2 Å². The van der Waals surface area contributed by atoms with Crippen molar-refractivity contribution in [3.05, 3.63) is 59.7 Å². The van der Waals surface area contributed by atoms with E-state index in [1.54, 1.807) is 0 Å². The van der Waals surface area contributed by atoms with Gasteiger partial charge in [-0.25, -0.2) is 0 Å². The zero-order valence-corrected chi connectivity index (χ0v) is 12.2. The van der Waals surface area contributed by atoms with Crippen LogP contribution in [0.2, 0.25) is 0 Å². The summed E-state index contributed by atoms with van der Waals surface area (Å²) in [6.45, 7) is 0. The minimum Gasteiger partial charge on any atom is -0.387 e. The van der Waals surface area contributed by atoms with Crippen molar-refractivity contribution in [2.75, 3.05) is 0 Å². The summed E-state index contributed by atoms with van der Waals surface area (Å²) in [4.78, 5) is 0. The van der Waals surface area contributed by atoms with Gasteiger partial charge in [0.15, 0.2) is 0 Å². The minimum atomic E-state index is -0.879. The van der Waals surface area contributed by atoms with Crippen molar-refractivity contribution in [3.8, 4) is 0 Å². The maximum atomic E-state index is 10.5. The van der Waals surface area contributed by atoms with E-state index >= 15 is 0 Å². The van der Waals surface area contributed by atoms with Crippen molar-refractivity contribution in [3.63, 3.8) is 0 Å². The normalized spacial score (nSPS) is 29.1. The molecule has 4 atom stereocenters. The molecule has 4 aromatic carbocycles. The Kier molecular flexibility index (Phi) is 2.03. The first-order chi connectivity index (χ1) is 11.2. The molecule has 0 bridgehead atoms. The standard InChI is InChI=1S/C20H14O3/c21-17-13-8-11-5-4-9-2-1-3-10-6-7-12(15(11)14(9)10)16(13)19-20(23-19)18(17)22/h1-8,17-22H/t17-,18+,19?,20+/m0/s1. The Balaban J connectivity index is 1.86. The Morgan fingerprint density at radius 1 is 0.826 bits per heavy atom. The summed E-state index contributed by atoms with van der Waals surface area (Å²) in [5, 5.41) is 27.8. The third-order valence-corrected chi connectivity index (χ3v) is 5.51. The van der Waals surface area contributed by atoms with Crippen LogP contribution < -0.4 is 0 Å². The number of aliphatic hydroxyl groups excluding tert-OH is 2. The first-order valence-corrected chi connectivity index (χ1v) is 7.96. The summed E-state index contributed by atoms with van der Waals surface area (Å²) < 4.78 is 5.67. The van der Waals surface area contributed by atoms with Gasteiger partial charge in [-0.1, -0.05) is 42.5 Å². The molecule has 0 radical (unpaired) electrons. The number of rotatable bonds is 0. The molecule has 1 heterocycles. The molecule has 0 saturated carbocycles. The van der Waals surface area contributed by atoms with E-state index in [1.165, 1.54) is 21.5 Å². The quantitative estimate of drug-likeness (QED) is 0.386. The van der Waals surface area contributed by atoms with E-state index in [2.05, 4.69) is 42.5 Å². The monoisotopic (exact) mass is 302 g/mol. The molecule has 3 heteroatoms. The van der Waals surface area contributed by atoms with Gasteiger partial charge in [0, 0.05) is 0 Å². The second kappa shape index (κ2) is 3.82. The first-order valence-electron chi connectivity index (χ1n) is 7.96. The Labute approximate surface area is 132 Å². The highest BCUT2D eigenvalue weighted by molar-refractivity contribution is 6.23. The van der Waals surface area contributed by atoms with Gasteiger partial charge in [0.25, 0.3) is 0 Å². The molecule has 1 unspecified atom stereocenters. The van der Waals surface area contributed by atoms with Gasteiger partial charge in [-0.3, -0.25) is 0 Å². The Morgan fingerprint density at radius 3 is 2.39 bits per heavy atom. The van der Waals surface area contributed by atoms with E-state index in [-0.39, 0.29) is 12.2 Å². The number of hydrogen-bond acceptors (Lipinski definition) is 3. The molecule has 1 aliphatic heterocycles. The lowest BCUT2D eigenvalue weighted by Gasteiger charge is -2.25. The van der Waals surface area contributed by atoms with Crippen LogP contribution in [0.4, 0.5) is 0 Å². The lowest BCUT2D eigenvalue weighted by Crippen LogP contribution is -2.29. The average molecular weight is 302 g/mol. The van der Waals surface area contributed by atoms with Gasteiger partial charge in [-0.05, 0) is 49.5 Å². The number of benzene rings is 4. The lowest BCUT2D eigenvalue weighted by atomic mass is 9.81. The maximum absolute atomic E-state index is 10.5. The van der Waals surface area contributed by atoms with Gasteiger partial charge >= 0.3 is 0 Å². The van der Waals surface area contributed by atoms with Crippen LogP contribution in [-0.4, -0.2) is 22.4 Å². The minimum absolute atomic E-state index is 0.0898. The van der Waals surface area contributed by atoms with Gasteiger partial charge in [-0.2, -0.15) is 0 Å². The van der Waals surface area contributed by atoms with Gasteiger partial charge < -0.3 is 14.9 Å². The summed E-state index contributed by atoms with van der Waals surface area (Å²) in [6.07, 6.45) is -2.07. The molecule has 3 nitrogen and oxygen atoms in total. The zero-order chi connectivity index (χ0) is 15.3. The summed E-state index contributed by atoms with van der Waals surface area (Å²) in [7, 11) is 0. The predicted octanol–water partition coefficient (Wildman–Crippen LogP) is 3.43. The number of ether oxygens (including phenoxy) is 1. The molecule has 2 aliphatic rings. The Hall–Kier alpha value is -2.20. The second-order valence-corrected chi connectivity index (χ2v) is 6.69. The third-order valence-electron chi connectivity index (χ3n) is 5.51. The Morgan fingerprint density at radius 2 is 1.57 bits per heavy atom. The average Bonchev–Trinajstić information content (AvgIpc) is 3.37. The fourth-order valence-corrected chi connectivity index (χ4v) is 4.40. The number of epoxide rings is 1. The smallest absolute Gasteiger partial charge is 0.118 e. The highest BCUT2D eigenvalue weighted by atomic mass is 16.6.